The predicted octanol–water partition coefficient (Wildman–Crippen LogP) is 6.78. The minimum Gasteiger partial charge on any atom is -0.453 e. The molecule has 40 heavy (non-hydrogen) atoms. The number of methoxy groups -OCH3 is 1. The fraction of sp³-hybridized carbons (Fsp3) is 0.379. The molecule has 3 heterocycles. The highest BCUT2D eigenvalue weighted by molar-refractivity contribution is 6.30. The van der Waals surface area contributed by atoms with Gasteiger partial charge >= 0.3 is 12.2 Å². The first kappa shape index (κ1) is 27.3. The van der Waals surface area contributed by atoms with Crippen LogP contribution in [0.2, 0.25) is 5.02 Å². The summed E-state index contributed by atoms with van der Waals surface area (Å²) in [5.41, 5.74) is 3.67. The average molecular weight is 563 g/mol. The Hall–Kier alpha value is -4.23. The van der Waals surface area contributed by atoms with Gasteiger partial charge in [-0.25, -0.2) is 14.6 Å². The second-order valence-corrected chi connectivity index (χ2v) is 10.5. The lowest BCUT2D eigenvalue weighted by molar-refractivity contribution is 0.00692. The van der Waals surface area contributed by atoms with Gasteiger partial charge in [0.1, 0.15) is 18.0 Å². The molecule has 10 nitrogen and oxygen atoms in total. The van der Waals surface area contributed by atoms with E-state index < -0.39 is 12.2 Å². The third kappa shape index (κ3) is 5.84. The van der Waals surface area contributed by atoms with Crippen LogP contribution in [0.15, 0.2) is 42.5 Å². The maximum Gasteiger partial charge on any atom is 0.411 e. The van der Waals surface area contributed by atoms with Crippen molar-refractivity contribution in [1.29, 1.82) is 5.26 Å². The Balaban J connectivity index is 1.48. The average Bonchev–Trinajstić information content (AvgIpc) is 3.37. The summed E-state index contributed by atoms with van der Waals surface area (Å²) < 4.78 is 10.6. The molecule has 2 aliphatic rings. The number of aromatic amines is 1. The molecule has 2 bridgehead atoms. The second-order valence-electron chi connectivity index (χ2n) is 10.1. The number of halogens is 1. The molecule has 2 aromatic carbocycles. The number of anilines is 2. The van der Waals surface area contributed by atoms with Gasteiger partial charge in [-0.3, -0.25) is 10.2 Å². The van der Waals surface area contributed by atoms with Gasteiger partial charge in [0.25, 0.3) is 0 Å². The Morgan fingerprint density at radius 2 is 2.05 bits per heavy atom. The van der Waals surface area contributed by atoms with Crippen molar-refractivity contribution in [3.63, 3.8) is 0 Å². The van der Waals surface area contributed by atoms with Crippen LogP contribution in [0.5, 0.6) is 0 Å². The lowest BCUT2D eigenvalue weighted by Gasteiger charge is -2.36. The van der Waals surface area contributed by atoms with Gasteiger partial charge in [0.2, 0.25) is 0 Å². The molecule has 1 aromatic heterocycles. The molecule has 11 heteroatoms. The number of carbonyl (C=O) groups is 2. The lowest BCUT2D eigenvalue weighted by Crippen LogP contribution is -2.42. The van der Waals surface area contributed by atoms with Crippen LogP contribution in [-0.2, 0) is 9.47 Å². The number of rotatable bonds is 3. The maximum atomic E-state index is 13.3. The van der Waals surface area contributed by atoms with Crippen LogP contribution < -0.4 is 10.6 Å². The first-order valence-corrected chi connectivity index (χ1v) is 13.7. The standard InChI is InChI=1S/C29H31ClN6O4/c1-17-6-3-4-9-24(36-13-12-25(40-29(36)38)18-7-5-8-19(30)14-18)27-34-23(16-31)26(35-27)21-11-10-20(15-22(21)32-17)33-28(37)39-2/h5,7-8,10-11,14-15,17,24-25,32H,3-4,6,9,12-13H2,1-2H3,(H,33,37)(H,34,35)/t17-,24?,25?/m0/s1. The number of cyclic esters (lactones) is 1. The summed E-state index contributed by atoms with van der Waals surface area (Å²) in [6.07, 6.45) is 2.60. The number of hydrogen-bond acceptors (Lipinski definition) is 7. The van der Waals surface area contributed by atoms with Crippen molar-refractivity contribution < 1.29 is 19.1 Å². The Labute approximate surface area is 237 Å². The van der Waals surface area contributed by atoms with E-state index in [9.17, 15) is 14.9 Å². The normalized spacial score (nSPS) is 21.0. The van der Waals surface area contributed by atoms with Crippen molar-refractivity contribution in [1.82, 2.24) is 14.9 Å². The topological polar surface area (TPSA) is 132 Å². The molecule has 208 valence electrons. The first-order valence-electron chi connectivity index (χ1n) is 13.3. The fourth-order valence-electron chi connectivity index (χ4n) is 5.34. The molecule has 2 amide bonds. The van der Waals surface area contributed by atoms with Crippen LogP contribution in [0, 0.1) is 11.3 Å². The van der Waals surface area contributed by atoms with E-state index in [1.54, 1.807) is 17.0 Å². The van der Waals surface area contributed by atoms with Crippen LogP contribution in [-0.4, -0.2) is 46.8 Å². The number of carbonyl (C=O) groups excluding carboxylic acids is 2. The third-order valence-corrected chi connectivity index (χ3v) is 7.57. The van der Waals surface area contributed by atoms with Crippen molar-refractivity contribution in [2.75, 3.05) is 24.3 Å². The molecular formula is C29H31ClN6O4. The number of H-pyrrole nitrogens is 1. The van der Waals surface area contributed by atoms with E-state index in [1.165, 1.54) is 7.11 Å². The summed E-state index contributed by atoms with van der Waals surface area (Å²) in [7, 11) is 1.31. The predicted molar refractivity (Wildman–Crippen MR) is 151 cm³/mol. The number of nitrogens with one attached hydrogen (secondary N) is 3. The third-order valence-electron chi connectivity index (χ3n) is 7.34. The number of benzene rings is 2. The Morgan fingerprint density at radius 3 is 2.80 bits per heavy atom. The van der Waals surface area contributed by atoms with Crippen LogP contribution >= 0.6 is 11.6 Å². The van der Waals surface area contributed by atoms with Gasteiger partial charge in [-0.05, 0) is 55.7 Å². The first-order chi connectivity index (χ1) is 19.4. The number of nitrogens with zero attached hydrogens (tertiary/aromatic N) is 3. The van der Waals surface area contributed by atoms with E-state index in [0.29, 0.717) is 41.6 Å². The van der Waals surface area contributed by atoms with E-state index in [-0.39, 0.29) is 23.9 Å². The van der Waals surface area contributed by atoms with Gasteiger partial charge in [0, 0.05) is 41.0 Å². The van der Waals surface area contributed by atoms with E-state index in [0.717, 1.165) is 36.1 Å². The molecular weight excluding hydrogens is 532 g/mol. The van der Waals surface area contributed by atoms with E-state index >= 15 is 0 Å². The number of aromatic nitrogens is 2. The fourth-order valence-corrected chi connectivity index (χ4v) is 5.54. The highest BCUT2D eigenvalue weighted by atomic mass is 35.5. The molecule has 5 rings (SSSR count). The molecule has 0 aliphatic carbocycles. The second kappa shape index (κ2) is 11.9. The zero-order valence-corrected chi connectivity index (χ0v) is 23.1. The highest BCUT2D eigenvalue weighted by Crippen LogP contribution is 2.38. The molecule has 3 N–H and O–H groups in total. The van der Waals surface area contributed by atoms with Crippen molar-refractivity contribution in [2.45, 2.75) is 57.2 Å². The molecule has 0 spiro atoms. The zero-order chi connectivity index (χ0) is 28.2. The largest absolute Gasteiger partial charge is 0.453 e. The van der Waals surface area contributed by atoms with Crippen LogP contribution in [0.4, 0.5) is 21.0 Å². The zero-order valence-electron chi connectivity index (χ0n) is 22.4. The molecule has 2 unspecified atom stereocenters. The smallest absolute Gasteiger partial charge is 0.411 e. The number of fused-ring (bicyclic) bond motifs is 4. The van der Waals surface area contributed by atoms with E-state index in [4.69, 9.17) is 21.1 Å². The number of ether oxygens (including phenoxy) is 2. The van der Waals surface area contributed by atoms with Gasteiger partial charge in [-0.2, -0.15) is 5.26 Å². The summed E-state index contributed by atoms with van der Waals surface area (Å²) in [5, 5.41) is 16.8. The summed E-state index contributed by atoms with van der Waals surface area (Å²) >= 11 is 6.16. The lowest BCUT2D eigenvalue weighted by atomic mass is 10.0. The number of nitriles is 1. The Kier molecular flexibility index (Phi) is 8.12. The Bertz CT molecular complexity index is 1450. The summed E-state index contributed by atoms with van der Waals surface area (Å²) in [5.74, 6) is 0.543. The molecule has 0 saturated carbocycles. The Morgan fingerprint density at radius 1 is 1.23 bits per heavy atom. The SMILES string of the molecule is COC(=O)Nc1ccc2c(c1)N[C@@H](C)CCCCC(N1CCC(c3cccc(Cl)c3)OC1=O)c1nc(C#N)c-2[nH]1. The van der Waals surface area contributed by atoms with Crippen molar-refractivity contribution in [2.24, 2.45) is 0 Å². The molecule has 3 atom stereocenters. The van der Waals surface area contributed by atoms with Crippen molar-refractivity contribution >= 4 is 35.2 Å². The number of hydrogen-bond donors (Lipinski definition) is 3. The van der Waals surface area contributed by atoms with Gasteiger partial charge in [-0.15, -0.1) is 0 Å². The molecule has 0 radical (unpaired) electrons. The van der Waals surface area contributed by atoms with Crippen LogP contribution in [0.3, 0.4) is 0 Å². The number of amides is 2. The van der Waals surface area contributed by atoms with Crippen LogP contribution in [0.25, 0.3) is 11.3 Å². The van der Waals surface area contributed by atoms with Crippen molar-refractivity contribution in [3.8, 4) is 17.3 Å². The quantitative estimate of drug-likeness (QED) is 0.320. The maximum absolute atomic E-state index is 13.3. The summed E-state index contributed by atoms with van der Waals surface area (Å²) in [4.78, 5) is 34.8. The van der Waals surface area contributed by atoms with Gasteiger partial charge in [0.05, 0.1) is 18.8 Å². The summed E-state index contributed by atoms with van der Waals surface area (Å²) in [6.45, 7) is 2.57. The van der Waals surface area contributed by atoms with Gasteiger partial charge in [0.15, 0.2) is 5.69 Å². The van der Waals surface area contributed by atoms with Crippen LogP contribution in [0.1, 0.15) is 68.3 Å². The summed E-state index contributed by atoms with van der Waals surface area (Å²) in [6, 6.07) is 14.7. The van der Waals surface area contributed by atoms with Gasteiger partial charge < -0.3 is 19.8 Å². The molecule has 1 saturated heterocycles. The highest BCUT2D eigenvalue weighted by Gasteiger charge is 2.36. The molecule has 1 fully saturated rings. The molecule has 3 aromatic rings. The minimum atomic E-state index is -0.573. The van der Waals surface area contributed by atoms with Gasteiger partial charge in [-0.1, -0.05) is 36.6 Å². The minimum absolute atomic E-state index is 0.122. The van der Waals surface area contributed by atoms with E-state index in [2.05, 4.69) is 33.6 Å². The molecule has 2 aliphatic heterocycles. The van der Waals surface area contributed by atoms with E-state index in [1.807, 2.05) is 30.3 Å². The monoisotopic (exact) mass is 562 g/mol. The number of imidazole rings is 1. The van der Waals surface area contributed by atoms with Crippen molar-refractivity contribution in [3.05, 3.63) is 64.6 Å².